The Balaban J connectivity index is 1.58. The number of para-hydroxylation sites is 2. The highest BCUT2D eigenvalue weighted by atomic mass is 16.5. The second kappa shape index (κ2) is 9.56. The summed E-state index contributed by atoms with van der Waals surface area (Å²) in [6.45, 7) is 9.33. The highest BCUT2D eigenvalue weighted by molar-refractivity contribution is 5.98. The highest BCUT2D eigenvalue weighted by Gasteiger charge is 2.26. The van der Waals surface area contributed by atoms with Crippen molar-refractivity contribution in [3.63, 3.8) is 0 Å². The minimum atomic E-state index is -0.250. The number of piperazine rings is 1. The van der Waals surface area contributed by atoms with Gasteiger partial charge in [0, 0.05) is 37.4 Å². The number of hydrogen-bond donors (Lipinski definition) is 1. The maximum absolute atomic E-state index is 12.7. The molecular formula is C23H29N3O3. The molecule has 0 spiro atoms. The summed E-state index contributed by atoms with van der Waals surface area (Å²) in [5.41, 5.74) is 2.35. The molecule has 1 aliphatic rings. The molecule has 0 aromatic heterocycles. The fourth-order valence-corrected chi connectivity index (χ4v) is 3.57. The number of carbonyl (C=O) groups is 2. The number of amides is 1. The topological polar surface area (TPSA) is 61.9 Å². The van der Waals surface area contributed by atoms with Gasteiger partial charge in [-0.25, -0.2) is 0 Å². The first-order chi connectivity index (χ1) is 14.0. The molecule has 1 aliphatic heterocycles. The first kappa shape index (κ1) is 20.9. The van der Waals surface area contributed by atoms with Crippen LogP contribution in [0.25, 0.3) is 0 Å². The number of nitrogens with one attached hydrogen (secondary N) is 1. The molecule has 6 nitrogen and oxygen atoms in total. The van der Waals surface area contributed by atoms with Gasteiger partial charge in [-0.2, -0.15) is 0 Å². The van der Waals surface area contributed by atoms with Crippen molar-refractivity contribution in [1.82, 2.24) is 4.90 Å². The maximum atomic E-state index is 12.7. The molecule has 0 radical (unpaired) electrons. The molecule has 1 N–H and O–H groups in total. The number of ether oxygens (including phenoxy) is 1. The van der Waals surface area contributed by atoms with Crippen molar-refractivity contribution in [2.75, 3.05) is 43.0 Å². The minimum Gasteiger partial charge on any atom is -0.492 e. The molecule has 154 valence electrons. The van der Waals surface area contributed by atoms with Crippen molar-refractivity contribution in [3.8, 4) is 5.75 Å². The van der Waals surface area contributed by atoms with Gasteiger partial charge < -0.3 is 15.0 Å². The molecule has 0 unspecified atom stereocenters. The number of rotatable bonds is 7. The first-order valence-corrected chi connectivity index (χ1v) is 10.1. The van der Waals surface area contributed by atoms with Gasteiger partial charge in [0.1, 0.15) is 5.75 Å². The van der Waals surface area contributed by atoms with Gasteiger partial charge in [0.05, 0.1) is 18.3 Å². The van der Waals surface area contributed by atoms with Crippen LogP contribution in [0.3, 0.4) is 0 Å². The van der Waals surface area contributed by atoms with Crippen LogP contribution in [0, 0.1) is 0 Å². The van der Waals surface area contributed by atoms with Crippen molar-refractivity contribution in [2.45, 2.75) is 26.8 Å². The van der Waals surface area contributed by atoms with Gasteiger partial charge in [0.15, 0.2) is 5.78 Å². The van der Waals surface area contributed by atoms with Crippen LogP contribution in [0.1, 0.15) is 31.1 Å². The van der Waals surface area contributed by atoms with E-state index in [4.69, 9.17) is 4.74 Å². The predicted octanol–water partition coefficient (Wildman–Crippen LogP) is 3.44. The van der Waals surface area contributed by atoms with Crippen LogP contribution >= 0.6 is 0 Å². The zero-order chi connectivity index (χ0) is 20.8. The normalized spacial score (nSPS) is 15.6. The van der Waals surface area contributed by atoms with Crippen LogP contribution in [-0.2, 0) is 4.79 Å². The van der Waals surface area contributed by atoms with Gasteiger partial charge in [-0.05, 0) is 45.0 Å². The number of Topliss-reactive ketones (excluding diaryl/α,β-unsaturated/α-hetero) is 1. The molecular weight excluding hydrogens is 366 g/mol. The fourth-order valence-electron chi connectivity index (χ4n) is 3.57. The molecule has 29 heavy (non-hydrogen) atoms. The van der Waals surface area contributed by atoms with E-state index < -0.39 is 0 Å². The van der Waals surface area contributed by atoms with Crippen LogP contribution in [-0.4, -0.2) is 55.4 Å². The molecule has 1 atom stereocenters. The van der Waals surface area contributed by atoms with Gasteiger partial charge in [0.2, 0.25) is 5.91 Å². The van der Waals surface area contributed by atoms with Crippen LogP contribution in [0.2, 0.25) is 0 Å². The Morgan fingerprint density at radius 1 is 1.07 bits per heavy atom. The van der Waals surface area contributed by atoms with Crippen LogP contribution in [0.5, 0.6) is 5.75 Å². The van der Waals surface area contributed by atoms with Crippen LogP contribution < -0.4 is 15.0 Å². The van der Waals surface area contributed by atoms with E-state index in [1.165, 1.54) is 6.92 Å². The third kappa shape index (κ3) is 5.15. The van der Waals surface area contributed by atoms with Crippen molar-refractivity contribution in [2.24, 2.45) is 0 Å². The number of benzene rings is 2. The van der Waals surface area contributed by atoms with Gasteiger partial charge >= 0.3 is 0 Å². The summed E-state index contributed by atoms with van der Waals surface area (Å²) in [4.78, 5) is 28.7. The Morgan fingerprint density at radius 2 is 1.79 bits per heavy atom. The van der Waals surface area contributed by atoms with E-state index in [-0.39, 0.29) is 17.7 Å². The van der Waals surface area contributed by atoms with Gasteiger partial charge in [-0.3, -0.25) is 14.5 Å². The number of hydrogen-bond acceptors (Lipinski definition) is 5. The molecule has 1 amide bonds. The van der Waals surface area contributed by atoms with E-state index in [2.05, 4.69) is 21.2 Å². The Morgan fingerprint density at radius 3 is 2.48 bits per heavy atom. The summed E-state index contributed by atoms with van der Waals surface area (Å²) in [5, 5.41) is 2.94. The summed E-state index contributed by atoms with van der Waals surface area (Å²) in [5.74, 6) is 0.825. The monoisotopic (exact) mass is 395 g/mol. The summed E-state index contributed by atoms with van der Waals surface area (Å²) >= 11 is 0. The Kier molecular flexibility index (Phi) is 6.88. The molecule has 0 saturated carbocycles. The molecule has 3 rings (SSSR count). The summed E-state index contributed by atoms with van der Waals surface area (Å²) in [6, 6.07) is 14.9. The van der Waals surface area contributed by atoms with Crippen LogP contribution in [0.4, 0.5) is 11.4 Å². The van der Waals surface area contributed by atoms with E-state index in [0.29, 0.717) is 17.9 Å². The molecule has 1 saturated heterocycles. The quantitative estimate of drug-likeness (QED) is 0.728. The van der Waals surface area contributed by atoms with Gasteiger partial charge in [-0.1, -0.05) is 24.3 Å². The third-order valence-corrected chi connectivity index (χ3v) is 5.28. The number of ketones is 1. The van der Waals surface area contributed by atoms with Crippen molar-refractivity contribution in [1.29, 1.82) is 0 Å². The minimum absolute atomic E-state index is 0.0161. The molecule has 1 fully saturated rings. The lowest BCUT2D eigenvalue weighted by Gasteiger charge is -2.39. The zero-order valence-corrected chi connectivity index (χ0v) is 17.4. The van der Waals surface area contributed by atoms with Crippen molar-refractivity contribution < 1.29 is 14.3 Å². The van der Waals surface area contributed by atoms with Gasteiger partial charge in [0.25, 0.3) is 0 Å². The Bertz CT molecular complexity index is 860. The van der Waals surface area contributed by atoms with E-state index in [0.717, 1.165) is 37.6 Å². The molecule has 2 aromatic rings. The summed E-state index contributed by atoms with van der Waals surface area (Å²) in [6.07, 6.45) is 0. The van der Waals surface area contributed by atoms with E-state index >= 15 is 0 Å². The lowest BCUT2D eigenvalue weighted by molar-refractivity contribution is -0.120. The molecule has 6 heteroatoms. The van der Waals surface area contributed by atoms with Gasteiger partial charge in [-0.15, -0.1) is 0 Å². The number of anilines is 2. The van der Waals surface area contributed by atoms with E-state index in [1.54, 1.807) is 24.3 Å². The predicted molar refractivity (Wildman–Crippen MR) is 116 cm³/mol. The van der Waals surface area contributed by atoms with Crippen LogP contribution in [0.15, 0.2) is 48.5 Å². The average Bonchev–Trinajstić information content (AvgIpc) is 2.74. The second-order valence-electron chi connectivity index (χ2n) is 7.23. The van der Waals surface area contributed by atoms with Crippen molar-refractivity contribution in [3.05, 3.63) is 54.1 Å². The standard InChI is InChI=1S/C23H29N3O3/c1-4-29-22-11-6-5-10-21(22)26-14-12-25(13-15-26)17(2)23(28)24-20-9-7-8-19(16-20)18(3)27/h5-11,16-17H,4,12-15H2,1-3H3,(H,24,28)/t17-/m1/s1. The lowest BCUT2D eigenvalue weighted by Crippen LogP contribution is -2.52. The first-order valence-electron chi connectivity index (χ1n) is 10.1. The second-order valence-corrected chi connectivity index (χ2v) is 7.23. The third-order valence-electron chi connectivity index (χ3n) is 5.28. The van der Waals surface area contributed by atoms with E-state index in [9.17, 15) is 9.59 Å². The zero-order valence-electron chi connectivity index (χ0n) is 17.4. The lowest BCUT2D eigenvalue weighted by atomic mass is 10.1. The Labute approximate surface area is 172 Å². The maximum Gasteiger partial charge on any atom is 0.241 e. The molecule has 2 aromatic carbocycles. The average molecular weight is 396 g/mol. The molecule has 1 heterocycles. The SMILES string of the molecule is CCOc1ccccc1N1CCN([C@H](C)C(=O)Nc2cccc(C(C)=O)c2)CC1. The largest absolute Gasteiger partial charge is 0.492 e. The van der Waals surface area contributed by atoms with E-state index in [1.807, 2.05) is 32.0 Å². The number of nitrogens with zero attached hydrogens (tertiary/aromatic N) is 2. The Hall–Kier alpha value is -2.86. The highest BCUT2D eigenvalue weighted by Crippen LogP contribution is 2.29. The molecule has 0 bridgehead atoms. The summed E-state index contributed by atoms with van der Waals surface area (Å²) < 4.78 is 5.75. The smallest absolute Gasteiger partial charge is 0.241 e. The number of carbonyl (C=O) groups excluding carboxylic acids is 2. The van der Waals surface area contributed by atoms with Crippen molar-refractivity contribution >= 4 is 23.1 Å². The summed E-state index contributed by atoms with van der Waals surface area (Å²) in [7, 11) is 0. The molecule has 0 aliphatic carbocycles. The fraction of sp³-hybridized carbons (Fsp3) is 0.391.